The fourth-order valence-corrected chi connectivity index (χ4v) is 3.48. The van der Waals surface area contributed by atoms with Gasteiger partial charge >= 0.3 is 6.03 Å². The molecule has 0 spiro atoms. The molecule has 1 aromatic rings. The van der Waals surface area contributed by atoms with E-state index in [1.165, 1.54) is 18.4 Å². The van der Waals surface area contributed by atoms with Gasteiger partial charge in [-0.3, -0.25) is 4.90 Å². The van der Waals surface area contributed by atoms with E-state index in [0.29, 0.717) is 12.0 Å². The number of hydrogen-bond donors (Lipinski definition) is 1. The van der Waals surface area contributed by atoms with Crippen LogP contribution in [0.5, 0.6) is 5.75 Å². The highest BCUT2D eigenvalue weighted by Crippen LogP contribution is 2.32. The van der Waals surface area contributed by atoms with E-state index in [-0.39, 0.29) is 6.03 Å². The number of anilines is 1. The van der Waals surface area contributed by atoms with Gasteiger partial charge in [0.15, 0.2) is 0 Å². The molecule has 1 N–H and O–H groups in total. The largest absolute Gasteiger partial charge is 0.497 e. The van der Waals surface area contributed by atoms with Gasteiger partial charge < -0.3 is 10.1 Å². The zero-order valence-corrected chi connectivity index (χ0v) is 12.9. The Bertz CT molecular complexity index is 524. The van der Waals surface area contributed by atoms with Gasteiger partial charge in [0.05, 0.1) is 7.11 Å². The van der Waals surface area contributed by atoms with Gasteiger partial charge in [0.1, 0.15) is 5.75 Å². The highest BCUT2D eigenvalue weighted by molar-refractivity contribution is 5.93. The number of urea groups is 1. The minimum atomic E-state index is 0.0554. The van der Waals surface area contributed by atoms with Crippen LogP contribution in [0.15, 0.2) is 18.2 Å². The highest BCUT2D eigenvalue weighted by atomic mass is 16.5. The fourth-order valence-electron chi connectivity index (χ4n) is 3.48. The van der Waals surface area contributed by atoms with Crippen molar-refractivity contribution in [2.24, 2.45) is 5.92 Å². The minimum absolute atomic E-state index is 0.0554. The Labute approximate surface area is 126 Å². The molecule has 4 nitrogen and oxygen atoms in total. The Morgan fingerprint density at radius 1 is 1.33 bits per heavy atom. The second-order valence-electron chi connectivity index (χ2n) is 6.35. The second-order valence-corrected chi connectivity index (χ2v) is 6.35. The van der Waals surface area contributed by atoms with Gasteiger partial charge in [-0.25, -0.2) is 4.79 Å². The minimum Gasteiger partial charge on any atom is -0.497 e. The molecular weight excluding hydrogens is 264 g/mol. The van der Waals surface area contributed by atoms with Crippen molar-refractivity contribution in [3.05, 3.63) is 23.8 Å². The van der Waals surface area contributed by atoms with E-state index in [2.05, 4.69) is 18.3 Å². The Morgan fingerprint density at radius 3 is 2.81 bits per heavy atom. The van der Waals surface area contributed by atoms with Crippen molar-refractivity contribution in [3.8, 4) is 5.75 Å². The maximum atomic E-state index is 12.6. The zero-order chi connectivity index (χ0) is 14.8. The van der Waals surface area contributed by atoms with Crippen molar-refractivity contribution >= 4 is 11.7 Å². The molecule has 1 atom stereocenters. The number of fused-ring (bicyclic) bond motifs is 1. The van der Waals surface area contributed by atoms with Crippen LogP contribution < -0.4 is 15.0 Å². The van der Waals surface area contributed by atoms with Crippen LogP contribution in [0.2, 0.25) is 0 Å². The molecular formula is C17H24N2O2. The summed E-state index contributed by atoms with van der Waals surface area (Å²) in [6, 6.07) is 6.41. The number of carbonyl (C=O) groups is 1. The van der Waals surface area contributed by atoms with Crippen LogP contribution in [-0.2, 0) is 6.42 Å². The van der Waals surface area contributed by atoms with Crippen LogP contribution in [0.4, 0.5) is 10.5 Å². The van der Waals surface area contributed by atoms with E-state index in [4.69, 9.17) is 4.74 Å². The van der Waals surface area contributed by atoms with Gasteiger partial charge in [0, 0.05) is 18.3 Å². The second kappa shape index (κ2) is 5.96. The van der Waals surface area contributed by atoms with Gasteiger partial charge in [0.2, 0.25) is 0 Å². The van der Waals surface area contributed by atoms with E-state index < -0.39 is 0 Å². The molecule has 1 saturated carbocycles. The van der Waals surface area contributed by atoms with E-state index in [9.17, 15) is 4.79 Å². The van der Waals surface area contributed by atoms with Crippen LogP contribution >= 0.6 is 0 Å². The van der Waals surface area contributed by atoms with Gasteiger partial charge in [0.25, 0.3) is 0 Å². The number of nitrogens with one attached hydrogen (secondary N) is 1. The molecule has 1 aromatic carbocycles. The number of rotatable bonds is 2. The van der Waals surface area contributed by atoms with Crippen molar-refractivity contribution in [1.82, 2.24) is 5.32 Å². The maximum absolute atomic E-state index is 12.6. The third kappa shape index (κ3) is 2.99. The van der Waals surface area contributed by atoms with Crippen molar-refractivity contribution < 1.29 is 9.53 Å². The van der Waals surface area contributed by atoms with Gasteiger partial charge in [-0.05, 0) is 48.9 Å². The summed E-state index contributed by atoms with van der Waals surface area (Å²) in [6.45, 7) is 2.98. The molecule has 0 bridgehead atoms. The molecule has 3 rings (SSSR count). The Hall–Kier alpha value is -1.71. The number of benzene rings is 1. The number of carbonyl (C=O) groups excluding carboxylic acids is 1. The third-order valence-corrected chi connectivity index (χ3v) is 4.57. The summed E-state index contributed by atoms with van der Waals surface area (Å²) in [6.07, 6.45) is 5.69. The molecule has 0 aromatic heterocycles. The molecule has 2 aliphatic rings. The van der Waals surface area contributed by atoms with E-state index in [0.717, 1.165) is 37.2 Å². The first-order chi connectivity index (χ1) is 10.2. The molecule has 2 amide bonds. The highest BCUT2D eigenvalue weighted by Gasteiger charge is 2.28. The van der Waals surface area contributed by atoms with Crippen LogP contribution in [0, 0.1) is 5.92 Å². The van der Waals surface area contributed by atoms with Crippen molar-refractivity contribution in [2.75, 3.05) is 18.6 Å². The Kier molecular flexibility index (Phi) is 4.04. The first-order valence-corrected chi connectivity index (χ1v) is 7.92. The molecule has 0 radical (unpaired) electrons. The van der Waals surface area contributed by atoms with Crippen molar-refractivity contribution in [1.29, 1.82) is 0 Å². The lowest BCUT2D eigenvalue weighted by Gasteiger charge is -2.34. The summed E-state index contributed by atoms with van der Waals surface area (Å²) in [5.74, 6) is 1.33. The molecule has 1 fully saturated rings. The molecule has 4 heteroatoms. The van der Waals surface area contributed by atoms with Gasteiger partial charge in [-0.15, -0.1) is 0 Å². The number of methoxy groups -OCH3 is 1. The van der Waals surface area contributed by atoms with E-state index in [1.807, 2.05) is 17.0 Å². The molecule has 1 unspecified atom stereocenters. The lowest BCUT2D eigenvalue weighted by Crippen LogP contribution is -2.48. The predicted octanol–water partition coefficient (Wildman–Crippen LogP) is 3.35. The average molecular weight is 288 g/mol. The van der Waals surface area contributed by atoms with Gasteiger partial charge in [-0.1, -0.05) is 19.8 Å². The fraction of sp³-hybridized carbons (Fsp3) is 0.588. The summed E-state index contributed by atoms with van der Waals surface area (Å²) < 4.78 is 5.30. The Morgan fingerprint density at radius 2 is 2.10 bits per heavy atom. The number of hydrogen-bond acceptors (Lipinski definition) is 2. The van der Waals surface area contributed by atoms with Gasteiger partial charge in [-0.2, -0.15) is 0 Å². The summed E-state index contributed by atoms with van der Waals surface area (Å²) in [7, 11) is 1.68. The lowest BCUT2D eigenvalue weighted by molar-refractivity contribution is 0.241. The summed E-state index contributed by atoms with van der Waals surface area (Å²) in [5.41, 5.74) is 2.24. The van der Waals surface area contributed by atoms with Crippen LogP contribution in [-0.4, -0.2) is 25.7 Å². The SMILES string of the molecule is COc1ccc2c(c1)CC(C)CN2C(=O)NC1CCCC1. The Balaban J connectivity index is 1.80. The number of ether oxygens (including phenoxy) is 1. The third-order valence-electron chi connectivity index (χ3n) is 4.57. The average Bonchev–Trinajstić information content (AvgIpc) is 2.98. The molecule has 1 aliphatic heterocycles. The van der Waals surface area contributed by atoms with Crippen molar-refractivity contribution in [2.45, 2.75) is 45.1 Å². The molecule has 114 valence electrons. The molecule has 21 heavy (non-hydrogen) atoms. The quantitative estimate of drug-likeness (QED) is 0.906. The maximum Gasteiger partial charge on any atom is 0.322 e. The smallest absolute Gasteiger partial charge is 0.322 e. The number of amides is 2. The first kappa shape index (κ1) is 14.2. The van der Waals surface area contributed by atoms with Crippen molar-refractivity contribution in [3.63, 3.8) is 0 Å². The lowest BCUT2D eigenvalue weighted by atomic mass is 9.94. The molecule has 1 heterocycles. The summed E-state index contributed by atoms with van der Waals surface area (Å²) in [4.78, 5) is 14.5. The predicted molar refractivity (Wildman–Crippen MR) is 84.0 cm³/mol. The standard InChI is InChI=1S/C17H24N2O2/c1-12-9-13-10-15(21-2)7-8-16(13)19(11-12)17(20)18-14-5-3-4-6-14/h7-8,10,12,14H,3-6,9,11H2,1-2H3,(H,18,20). The monoisotopic (exact) mass is 288 g/mol. The van der Waals surface area contributed by atoms with Crippen LogP contribution in [0.1, 0.15) is 38.2 Å². The first-order valence-electron chi connectivity index (χ1n) is 7.92. The molecule has 1 aliphatic carbocycles. The summed E-state index contributed by atoms with van der Waals surface area (Å²) in [5, 5.41) is 3.19. The van der Waals surface area contributed by atoms with Crippen LogP contribution in [0.25, 0.3) is 0 Å². The van der Waals surface area contributed by atoms with E-state index >= 15 is 0 Å². The molecule has 0 saturated heterocycles. The van der Waals surface area contributed by atoms with Crippen LogP contribution in [0.3, 0.4) is 0 Å². The topological polar surface area (TPSA) is 41.6 Å². The zero-order valence-electron chi connectivity index (χ0n) is 12.9. The number of nitrogens with zero attached hydrogens (tertiary/aromatic N) is 1. The summed E-state index contributed by atoms with van der Waals surface area (Å²) >= 11 is 0. The van der Waals surface area contributed by atoms with E-state index in [1.54, 1.807) is 7.11 Å². The normalized spacial score (nSPS) is 22.0.